The minimum Gasteiger partial charge on any atom is -0.354 e. The van der Waals surface area contributed by atoms with Crippen molar-refractivity contribution < 1.29 is 18.0 Å². The van der Waals surface area contributed by atoms with E-state index in [1.807, 2.05) is 58.0 Å². The van der Waals surface area contributed by atoms with E-state index >= 15 is 0 Å². The molecule has 0 aliphatic heterocycles. The molecule has 34 heavy (non-hydrogen) atoms. The van der Waals surface area contributed by atoms with Gasteiger partial charge in [0, 0.05) is 13.1 Å². The second-order valence-corrected chi connectivity index (χ2v) is 10.6. The van der Waals surface area contributed by atoms with Crippen LogP contribution in [0.15, 0.2) is 48.5 Å². The Labute approximate surface area is 204 Å². The van der Waals surface area contributed by atoms with Gasteiger partial charge in [-0.1, -0.05) is 62.2 Å². The van der Waals surface area contributed by atoms with Crippen LogP contribution in [-0.2, 0) is 26.2 Å². The minimum atomic E-state index is -3.73. The largest absolute Gasteiger partial charge is 0.354 e. The summed E-state index contributed by atoms with van der Waals surface area (Å²) in [6, 6.07) is 14.1. The van der Waals surface area contributed by atoms with E-state index in [-0.39, 0.29) is 19.0 Å². The normalized spacial score (nSPS) is 12.1. The number of nitrogens with zero attached hydrogens (tertiary/aromatic N) is 2. The molecule has 0 bridgehead atoms. The van der Waals surface area contributed by atoms with Crippen molar-refractivity contribution in [2.45, 2.75) is 59.5 Å². The first kappa shape index (κ1) is 27.4. The molecule has 2 aromatic rings. The molecule has 0 saturated carbocycles. The van der Waals surface area contributed by atoms with Crippen LogP contribution in [0.25, 0.3) is 0 Å². The summed E-state index contributed by atoms with van der Waals surface area (Å²) in [4.78, 5) is 28.1. The number of amides is 2. The highest BCUT2D eigenvalue weighted by Crippen LogP contribution is 2.21. The number of carbonyl (C=O) groups excluding carboxylic acids is 2. The van der Waals surface area contributed by atoms with Crippen LogP contribution in [0.4, 0.5) is 5.69 Å². The monoisotopic (exact) mass is 487 g/mol. The lowest BCUT2D eigenvalue weighted by atomic mass is 10.1. The SMILES string of the molecule is CCCCNC(=O)[C@H](CC)N(Cc1ccc(C)cc1)C(=O)CN(c1cccc(C)c1)S(C)(=O)=O. The molecule has 0 radical (unpaired) electrons. The van der Waals surface area contributed by atoms with E-state index in [2.05, 4.69) is 5.32 Å². The number of sulfonamides is 1. The third kappa shape index (κ3) is 7.87. The van der Waals surface area contributed by atoms with Gasteiger partial charge in [-0.25, -0.2) is 8.42 Å². The number of hydrogen-bond donors (Lipinski definition) is 1. The smallest absolute Gasteiger partial charge is 0.244 e. The molecule has 0 spiro atoms. The highest BCUT2D eigenvalue weighted by molar-refractivity contribution is 7.92. The maximum Gasteiger partial charge on any atom is 0.244 e. The van der Waals surface area contributed by atoms with Crippen LogP contribution in [0.5, 0.6) is 0 Å². The van der Waals surface area contributed by atoms with E-state index in [1.54, 1.807) is 18.2 Å². The Morgan fingerprint density at radius 3 is 2.24 bits per heavy atom. The fourth-order valence-electron chi connectivity index (χ4n) is 3.71. The minimum absolute atomic E-state index is 0.213. The predicted molar refractivity (Wildman–Crippen MR) is 137 cm³/mol. The van der Waals surface area contributed by atoms with Crippen LogP contribution >= 0.6 is 0 Å². The summed E-state index contributed by atoms with van der Waals surface area (Å²) < 4.78 is 26.3. The number of rotatable bonds is 12. The van der Waals surface area contributed by atoms with Crippen molar-refractivity contribution in [2.24, 2.45) is 0 Å². The second kappa shape index (κ2) is 12.6. The highest BCUT2D eigenvalue weighted by Gasteiger charge is 2.31. The molecule has 2 aromatic carbocycles. The molecule has 2 rings (SSSR count). The number of hydrogen-bond acceptors (Lipinski definition) is 4. The molecule has 7 nitrogen and oxygen atoms in total. The number of carbonyl (C=O) groups is 2. The maximum atomic E-state index is 13.6. The van der Waals surface area contributed by atoms with E-state index in [0.717, 1.165) is 40.1 Å². The van der Waals surface area contributed by atoms with Gasteiger partial charge in [0.2, 0.25) is 21.8 Å². The predicted octanol–water partition coefficient (Wildman–Crippen LogP) is 3.79. The summed E-state index contributed by atoms with van der Waals surface area (Å²) in [6.07, 6.45) is 3.30. The molecular weight excluding hydrogens is 450 g/mol. The quantitative estimate of drug-likeness (QED) is 0.462. The first-order valence-corrected chi connectivity index (χ1v) is 13.6. The van der Waals surface area contributed by atoms with Gasteiger partial charge in [-0.05, 0) is 49.9 Å². The molecule has 186 valence electrons. The Balaban J connectivity index is 2.39. The lowest BCUT2D eigenvalue weighted by Crippen LogP contribution is -2.52. The first-order valence-electron chi connectivity index (χ1n) is 11.7. The summed E-state index contributed by atoms with van der Waals surface area (Å²) in [5.41, 5.74) is 3.28. The van der Waals surface area contributed by atoms with Gasteiger partial charge in [0.05, 0.1) is 11.9 Å². The van der Waals surface area contributed by atoms with Crippen LogP contribution in [0.3, 0.4) is 0 Å². The average molecular weight is 488 g/mol. The Hall–Kier alpha value is -2.87. The number of unbranched alkanes of at least 4 members (excludes halogenated alkanes) is 1. The Kier molecular flexibility index (Phi) is 10.1. The van der Waals surface area contributed by atoms with Crippen LogP contribution in [0.2, 0.25) is 0 Å². The van der Waals surface area contributed by atoms with E-state index < -0.39 is 22.0 Å². The molecule has 0 fully saturated rings. The zero-order chi connectivity index (χ0) is 25.3. The van der Waals surface area contributed by atoms with Gasteiger partial charge in [0.25, 0.3) is 0 Å². The standard InChI is InChI=1S/C26H37N3O4S/c1-6-8-16-27-26(31)24(7-2)28(18-22-14-12-20(3)13-15-22)25(30)19-29(34(5,32)33)23-11-9-10-21(4)17-23/h9-15,17,24H,6-8,16,18-19H2,1-5H3,(H,27,31)/t24-/m0/s1. The van der Waals surface area contributed by atoms with Crippen LogP contribution in [0.1, 0.15) is 49.8 Å². The van der Waals surface area contributed by atoms with Gasteiger partial charge in [0.1, 0.15) is 12.6 Å². The third-order valence-corrected chi connectivity index (χ3v) is 6.80. The number of benzene rings is 2. The van der Waals surface area contributed by atoms with Crippen LogP contribution in [0, 0.1) is 13.8 Å². The van der Waals surface area contributed by atoms with E-state index in [0.29, 0.717) is 18.7 Å². The molecule has 0 aliphatic rings. The summed E-state index contributed by atoms with van der Waals surface area (Å²) in [5, 5.41) is 2.92. The molecule has 8 heteroatoms. The van der Waals surface area contributed by atoms with E-state index in [4.69, 9.17) is 0 Å². The molecule has 0 unspecified atom stereocenters. The Morgan fingerprint density at radius 2 is 1.68 bits per heavy atom. The maximum absolute atomic E-state index is 13.6. The lowest BCUT2D eigenvalue weighted by molar-refractivity contribution is -0.140. The number of nitrogens with one attached hydrogen (secondary N) is 1. The van der Waals surface area contributed by atoms with Gasteiger partial charge in [-0.15, -0.1) is 0 Å². The third-order valence-electron chi connectivity index (χ3n) is 5.66. The van der Waals surface area contributed by atoms with Crippen molar-refractivity contribution in [1.82, 2.24) is 10.2 Å². The van der Waals surface area contributed by atoms with Crippen molar-refractivity contribution in [3.8, 4) is 0 Å². The average Bonchev–Trinajstić information content (AvgIpc) is 2.78. The van der Waals surface area contributed by atoms with Gasteiger partial charge >= 0.3 is 0 Å². The van der Waals surface area contributed by atoms with Crippen molar-refractivity contribution in [3.63, 3.8) is 0 Å². The number of anilines is 1. The molecule has 1 N–H and O–H groups in total. The number of aryl methyl sites for hydroxylation is 2. The first-order chi connectivity index (χ1) is 16.1. The van der Waals surface area contributed by atoms with Crippen LogP contribution in [-0.4, -0.2) is 50.5 Å². The molecule has 0 heterocycles. The van der Waals surface area contributed by atoms with Crippen molar-refractivity contribution in [2.75, 3.05) is 23.7 Å². The fourth-order valence-corrected chi connectivity index (χ4v) is 4.55. The van der Waals surface area contributed by atoms with Crippen molar-refractivity contribution in [1.29, 1.82) is 0 Å². The summed E-state index contributed by atoms with van der Waals surface area (Å²) in [5.74, 6) is -0.650. The molecule has 0 aliphatic carbocycles. The molecule has 0 aromatic heterocycles. The molecule has 1 atom stereocenters. The van der Waals surface area contributed by atoms with Crippen molar-refractivity contribution >= 4 is 27.5 Å². The second-order valence-electron chi connectivity index (χ2n) is 8.68. The summed E-state index contributed by atoms with van der Waals surface area (Å²) in [7, 11) is -3.73. The summed E-state index contributed by atoms with van der Waals surface area (Å²) >= 11 is 0. The summed E-state index contributed by atoms with van der Waals surface area (Å²) in [6.45, 7) is 8.11. The van der Waals surface area contributed by atoms with E-state index in [9.17, 15) is 18.0 Å². The van der Waals surface area contributed by atoms with Gasteiger partial charge in [-0.2, -0.15) is 0 Å². The molecule has 2 amide bonds. The van der Waals surface area contributed by atoms with E-state index in [1.165, 1.54) is 4.90 Å². The van der Waals surface area contributed by atoms with Gasteiger partial charge in [-0.3, -0.25) is 13.9 Å². The van der Waals surface area contributed by atoms with Gasteiger partial charge < -0.3 is 10.2 Å². The topological polar surface area (TPSA) is 86.8 Å². The zero-order valence-electron chi connectivity index (χ0n) is 20.9. The highest BCUT2D eigenvalue weighted by atomic mass is 32.2. The lowest BCUT2D eigenvalue weighted by Gasteiger charge is -2.33. The Bertz CT molecular complexity index is 1070. The fraction of sp³-hybridized carbons (Fsp3) is 0.462. The van der Waals surface area contributed by atoms with Gasteiger partial charge in [0.15, 0.2) is 0 Å². The Morgan fingerprint density at radius 1 is 1.00 bits per heavy atom. The van der Waals surface area contributed by atoms with Crippen LogP contribution < -0.4 is 9.62 Å². The zero-order valence-corrected chi connectivity index (χ0v) is 21.7. The molecular formula is C26H37N3O4S. The van der Waals surface area contributed by atoms with Crippen molar-refractivity contribution in [3.05, 3.63) is 65.2 Å². The molecule has 0 saturated heterocycles.